The highest BCUT2D eigenvalue weighted by molar-refractivity contribution is 5.67. The number of nitrogens with zero attached hydrogens (tertiary/aromatic N) is 2. The normalized spacial score (nSPS) is 20.6. The fraction of sp³-hybridized carbons (Fsp3) is 0.222. The van der Waals surface area contributed by atoms with Crippen LogP contribution in [0.3, 0.4) is 0 Å². The lowest BCUT2D eigenvalue weighted by atomic mass is 10.00. The lowest BCUT2D eigenvalue weighted by Gasteiger charge is -2.25. The monoisotopic (exact) mass is 324 g/mol. The van der Waals surface area contributed by atoms with Crippen molar-refractivity contribution in [3.8, 4) is 17.6 Å². The van der Waals surface area contributed by atoms with Crippen molar-refractivity contribution < 1.29 is 19.0 Å². The van der Waals surface area contributed by atoms with E-state index in [0.717, 1.165) is 5.56 Å². The zero-order valence-electron chi connectivity index (χ0n) is 12.6. The molecular weight excluding hydrogens is 311 g/mol. The van der Waals surface area contributed by atoms with E-state index in [2.05, 4.69) is 16.8 Å². The van der Waals surface area contributed by atoms with Crippen molar-refractivity contribution in [1.29, 1.82) is 0 Å². The average Bonchev–Trinajstić information content (AvgIpc) is 2.93. The van der Waals surface area contributed by atoms with Gasteiger partial charge >= 0.3 is 6.09 Å². The molecule has 0 unspecified atom stereocenters. The van der Waals surface area contributed by atoms with E-state index in [1.165, 1.54) is 17.0 Å². The van der Waals surface area contributed by atoms with Crippen LogP contribution in [0.1, 0.15) is 29.2 Å². The molecule has 2 aliphatic rings. The Morgan fingerprint density at radius 2 is 2.08 bits per heavy atom. The molecule has 0 aliphatic carbocycles. The Morgan fingerprint density at radius 3 is 2.83 bits per heavy atom. The van der Waals surface area contributed by atoms with Gasteiger partial charge in [0.1, 0.15) is 17.7 Å². The van der Waals surface area contributed by atoms with Crippen LogP contribution in [-0.4, -0.2) is 33.7 Å². The maximum atomic E-state index is 12.9. The molecule has 1 saturated heterocycles. The Kier molecular flexibility index (Phi) is 3.35. The van der Waals surface area contributed by atoms with Crippen LogP contribution in [-0.2, 0) is 0 Å². The van der Waals surface area contributed by atoms with Gasteiger partial charge in [-0.25, -0.2) is 9.18 Å². The molecule has 1 aromatic carbocycles. The first-order valence-electron chi connectivity index (χ1n) is 7.53. The number of fused-ring (bicyclic) bond motifs is 4. The number of hydrogen-bond donors (Lipinski definition) is 1. The van der Waals surface area contributed by atoms with Gasteiger partial charge in [0, 0.05) is 29.9 Å². The lowest BCUT2D eigenvalue weighted by molar-refractivity contribution is 0.139. The summed E-state index contributed by atoms with van der Waals surface area (Å²) in [6.45, 7) is 0.347. The summed E-state index contributed by atoms with van der Waals surface area (Å²) in [7, 11) is 0. The van der Waals surface area contributed by atoms with E-state index in [9.17, 15) is 14.3 Å². The van der Waals surface area contributed by atoms with Crippen molar-refractivity contribution in [1.82, 2.24) is 9.88 Å². The number of amides is 1. The van der Waals surface area contributed by atoms with E-state index in [-0.39, 0.29) is 18.0 Å². The summed E-state index contributed by atoms with van der Waals surface area (Å²) in [4.78, 5) is 16.9. The second kappa shape index (κ2) is 5.53. The number of ether oxygens (including phenoxy) is 1. The minimum atomic E-state index is -0.957. The van der Waals surface area contributed by atoms with Crippen molar-refractivity contribution in [2.24, 2.45) is 0 Å². The molecule has 2 bridgehead atoms. The molecule has 0 radical (unpaired) electrons. The molecule has 4 rings (SSSR count). The third kappa shape index (κ3) is 2.44. The van der Waals surface area contributed by atoms with Gasteiger partial charge in [-0.1, -0.05) is 11.8 Å². The van der Waals surface area contributed by atoms with Crippen LogP contribution in [0.15, 0.2) is 36.7 Å². The van der Waals surface area contributed by atoms with Crippen molar-refractivity contribution in [2.75, 3.05) is 6.54 Å². The fourth-order valence-electron chi connectivity index (χ4n) is 3.15. The van der Waals surface area contributed by atoms with Crippen LogP contribution < -0.4 is 4.74 Å². The summed E-state index contributed by atoms with van der Waals surface area (Å²) >= 11 is 0. The van der Waals surface area contributed by atoms with Crippen LogP contribution in [0.5, 0.6) is 5.75 Å². The number of likely N-dealkylation sites (tertiary alicyclic amines) is 1. The van der Waals surface area contributed by atoms with Gasteiger partial charge in [-0.05, 0) is 24.3 Å². The molecule has 2 aliphatic heterocycles. The zero-order chi connectivity index (χ0) is 16.7. The summed E-state index contributed by atoms with van der Waals surface area (Å²) in [6.07, 6.45) is 2.76. The standard InChI is InChI=1S/C18H13FN2O3/c19-13-5-2-11(3-6-13)1-4-12-8-20-9-15-16-7-14(24-17(12)15)10-21(16)18(22)23/h2-3,5-6,8-9,14,16H,7,10H2,(H,22,23)/t14-,16-/m0/s1. The first-order chi connectivity index (χ1) is 11.6. The van der Waals surface area contributed by atoms with Gasteiger partial charge in [0.2, 0.25) is 0 Å². The predicted molar refractivity (Wildman–Crippen MR) is 83.1 cm³/mol. The van der Waals surface area contributed by atoms with Gasteiger partial charge < -0.3 is 9.84 Å². The topological polar surface area (TPSA) is 62.7 Å². The van der Waals surface area contributed by atoms with Crippen molar-refractivity contribution in [2.45, 2.75) is 18.6 Å². The van der Waals surface area contributed by atoms with E-state index < -0.39 is 6.09 Å². The second-order valence-corrected chi connectivity index (χ2v) is 5.79. The maximum Gasteiger partial charge on any atom is 0.407 e. The molecule has 120 valence electrons. The van der Waals surface area contributed by atoms with E-state index in [1.54, 1.807) is 24.5 Å². The first-order valence-corrected chi connectivity index (χ1v) is 7.53. The molecule has 24 heavy (non-hydrogen) atoms. The van der Waals surface area contributed by atoms with Crippen molar-refractivity contribution in [3.05, 3.63) is 59.2 Å². The maximum absolute atomic E-state index is 12.9. The zero-order valence-corrected chi connectivity index (χ0v) is 12.6. The molecule has 5 nitrogen and oxygen atoms in total. The number of hydrogen-bond acceptors (Lipinski definition) is 3. The summed E-state index contributed by atoms with van der Waals surface area (Å²) in [5, 5.41) is 9.32. The van der Waals surface area contributed by atoms with Crippen LogP contribution in [0.2, 0.25) is 0 Å². The smallest absolute Gasteiger partial charge is 0.407 e. The molecule has 6 heteroatoms. The van der Waals surface area contributed by atoms with Crippen LogP contribution in [0, 0.1) is 17.7 Å². The van der Waals surface area contributed by atoms with E-state index >= 15 is 0 Å². The molecule has 1 aromatic heterocycles. The van der Waals surface area contributed by atoms with Crippen LogP contribution in [0.4, 0.5) is 9.18 Å². The molecule has 0 saturated carbocycles. The SMILES string of the molecule is O=C(O)N1C[C@@H]2C[C@H]1c1cncc(C#Cc3ccc(F)cc3)c1O2. The third-order valence-electron chi connectivity index (χ3n) is 4.26. The number of pyridine rings is 1. The van der Waals surface area contributed by atoms with Gasteiger partial charge in [0.25, 0.3) is 0 Å². The molecule has 2 atom stereocenters. The summed E-state index contributed by atoms with van der Waals surface area (Å²) in [5.74, 6) is 6.24. The van der Waals surface area contributed by atoms with E-state index in [1.807, 2.05) is 0 Å². The Hall–Kier alpha value is -3.07. The van der Waals surface area contributed by atoms with Gasteiger partial charge in [0.15, 0.2) is 0 Å². The summed E-state index contributed by atoms with van der Waals surface area (Å²) in [5.41, 5.74) is 2.04. The quantitative estimate of drug-likeness (QED) is 0.757. The minimum Gasteiger partial charge on any atom is -0.487 e. The average molecular weight is 324 g/mol. The molecule has 3 heterocycles. The summed E-state index contributed by atoms with van der Waals surface area (Å²) in [6, 6.07) is 5.66. The highest BCUT2D eigenvalue weighted by atomic mass is 19.1. The second-order valence-electron chi connectivity index (χ2n) is 5.79. The van der Waals surface area contributed by atoms with Crippen molar-refractivity contribution in [3.63, 3.8) is 0 Å². The Balaban J connectivity index is 1.71. The Morgan fingerprint density at radius 1 is 1.29 bits per heavy atom. The Bertz CT molecular complexity index is 870. The van der Waals surface area contributed by atoms with Crippen molar-refractivity contribution >= 4 is 6.09 Å². The molecular formula is C18H13FN2O3. The molecule has 1 amide bonds. The van der Waals surface area contributed by atoms with E-state index in [4.69, 9.17) is 4.74 Å². The number of halogens is 1. The summed E-state index contributed by atoms with van der Waals surface area (Å²) < 4.78 is 18.9. The fourth-order valence-corrected chi connectivity index (χ4v) is 3.15. The number of carboxylic acid groups (broad SMARTS) is 1. The molecule has 2 aromatic rings. The molecule has 1 fully saturated rings. The number of benzene rings is 1. The number of carbonyl (C=O) groups is 1. The number of aromatic nitrogens is 1. The Labute approximate surface area is 137 Å². The van der Waals surface area contributed by atoms with Crippen LogP contribution >= 0.6 is 0 Å². The highest BCUT2D eigenvalue weighted by Crippen LogP contribution is 2.44. The largest absolute Gasteiger partial charge is 0.487 e. The third-order valence-corrected chi connectivity index (χ3v) is 4.26. The van der Waals surface area contributed by atoms with E-state index in [0.29, 0.717) is 29.8 Å². The van der Waals surface area contributed by atoms with Gasteiger partial charge in [-0.15, -0.1) is 0 Å². The number of rotatable bonds is 0. The molecule has 0 spiro atoms. The first kappa shape index (κ1) is 14.5. The van der Waals surface area contributed by atoms with Gasteiger partial charge in [-0.3, -0.25) is 9.88 Å². The van der Waals surface area contributed by atoms with Crippen LogP contribution in [0.25, 0.3) is 0 Å². The minimum absolute atomic E-state index is 0.160. The lowest BCUT2D eigenvalue weighted by Crippen LogP contribution is -2.29. The predicted octanol–water partition coefficient (Wildman–Crippen LogP) is 2.81. The van der Waals surface area contributed by atoms with Gasteiger partial charge in [0.05, 0.1) is 18.2 Å². The molecule has 1 N–H and O–H groups in total. The highest BCUT2D eigenvalue weighted by Gasteiger charge is 2.43. The van der Waals surface area contributed by atoms with Gasteiger partial charge in [-0.2, -0.15) is 0 Å².